The third-order valence-electron chi connectivity index (χ3n) is 3.97. The highest BCUT2D eigenvalue weighted by atomic mass is 19.3. The Morgan fingerprint density at radius 3 is 2.88 bits per heavy atom. The van der Waals surface area contributed by atoms with Gasteiger partial charge in [-0.25, -0.2) is 8.78 Å². The molecule has 138 valence electrons. The molecule has 1 aliphatic heterocycles. The van der Waals surface area contributed by atoms with Gasteiger partial charge in [0.15, 0.2) is 11.5 Å². The van der Waals surface area contributed by atoms with Gasteiger partial charge in [0.25, 0.3) is 5.92 Å². The molecule has 0 spiro atoms. The molecule has 8 heteroatoms. The van der Waals surface area contributed by atoms with Crippen molar-refractivity contribution >= 4 is 11.6 Å². The number of halogens is 2. The van der Waals surface area contributed by atoms with Crippen LogP contribution in [0, 0.1) is 0 Å². The SMILES string of the molecule is COc1ccc(NC(=O)C2CC(F)(F)CN2)cc1OCc1cccnc1. The van der Waals surface area contributed by atoms with Gasteiger partial charge in [-0.15, -0.1) is 0 Å². The van der Waals surface area contributed by atoms with Gasteiger partial charge in [-0.3, -0.25) is 15.1 Å². The molecule has 1 saturated heterocycles. The molecule has 1 fully saturated rings. The van der Waals surface area contributed by atoms with Gasteiger partial charge in [-0.05, 0) is 18.2 Å². The van der Waals surface area contributed by atoms with Gasteiger partial charge in [0.2, 0.25) is 5.91 Å². The number of rotatable bonds is 6. The fraction of sp³-hybridized carbons (Fsp3) is 0.333. The fourth-order valence-electron chi connectivity index (χ4n) is 2.64. The van der Waals surface area contributed by atoms with Crippen molar-refractivity contribution in [1.29, 1.82) is 0 Å². The monoisotopic (exact) mass is 363 g/mol. The van der Waals surface area contributed by atoms with E-state index in [0.29, 0.717) is 17.2 Å². The summed E-state index contributed by atoms with van der Waals surface area (Å²) in [5.41, 5.74) is 1.32. The Labute approximate surface area is 149 Å². The number of anilines is 1. The average Bonchev–Trinajstić information content (AvgIpc) is 3.01. The zero-order valence-electron chi connectivity index (χ0n) is 14.2. The fourth-order valence-corrected chi connectivity index (χ4v) is 2.64. The number of nitrogens with zero attached hydrogens (tertiary/aromatic N) is 1. The lowest BCUT2D eigenvalue weighted by molar-refractivity contribution is -0.118. The Morgan fingerprint density at radius 1 is 1.38 bits per heavy atom. The molecule has 0 bridgehead atoms. The highest BCUT2D eigenvalue weighted by Crippen LogP contribution is 2.31. The number of amides is 1. The molecular weight excluding hydrogens is 344 g/mol. The van der Waals surface area contributed by atoms with Crippen molar-refractivity contribution in [2.45, 2.75) is 25.0 Å². The highest BCUT2D eigenvalue weighted by Gasteiger charge is 2.42. The van der Waals surface area contributed by atoms with Crippen LogP contribution < -0.4 is 20.1 Å². The van der Waals surface area contributed by atoms with Crippen LogP contribution >= 0.6 is 0 Å². The number of pyridine rings is 1. The van der Waals surface area contributed by atoms with Gasteiger partial charge in [-0.2, -0.15) is 0 Å². The molecule has 0 radical (unpaired) electrons. The topological polar surface area (TPSA) is 72.5 Å². The summed E-state index contributed by atoms with van der Waals surface area (Å²) in [6.45, 7) is -0.217. The molecule has 2 heterocycles. The van der Waals surface area contributed by atoms with E-state index in [1.54, 1.807) is 36.7 Å². The van der Waals surface area contributed by atoms with Crippen molar-refractivity contribution in [1.82, 2.24) is 10.3 Å². The number of ether oxygens (including phenoxy) is 2. The first kappa shape index (κ1) is 18.1. The van der Waals surface area contributed by atoms with Gasteiger partial charge < -0.3 is 14.8 Å². The zero-order chi connectivity index (χ0) is 18.6. The molecular formula is C18H19F2N3O3. The number of nitrogens with one attached hydrogen (secondary N) is 2. The number of hydrogen-bond acceptors (Lipinski definition) is 5. The molecule has 1 aromatic carbocycles. The van der Waals surface area contributed by atoms with Crippen LogP contribution in [-0.2, 0) is 11.4 Å². The maximum absolute atomic E-state index is 13.2. The van der Waals surface area contributed by atoms with Crippen LogP contribution in [0.5, 0.6) is 11.5 Å². The first-order valence-electron chi connectivity index (χ1n) is 8.09. The van der Waals surface area contributed by atoms with Crippen molar-refractivity contribution in [3.63, 3.8) is 0 Å². The van der Waals surface area contributed by atoms with Crippen LogP contribution in [0.25, 0.3) is 0 Å². The molecule has 0 aliphatic carbocycles. The Balaban J connectivity index is 1.67. The number of carbonyl (C=O) groups is 1. The second-order valence-electron chi connectivity index (χ2n) is 6.00. The van der Waals surface area contributed by atoms with Crippen LogP contribution in [0.15, 0.2) is 42.7 Å². The molecule has 2 aromatic rings. The number of methoxy groups -OCH3 is 1. The molecule has 1 amide bonds. The Hall–Kier alpha value is -2.74. The number of aromatic nitrogens is 1. The largest absolute Gasteiger partial charge is 0.493 e. The van der Waals surface area contributed by atoms with Crippen molar-refractivity contribution in [2.75, 3.05) is 19.0 Å². The summed E-state index contributed by atoms with van der Waals surface area (Å²) in [6, 6.07) is 7.62. The number of hydrogen-bond donors (Lipinski definition) is 2. The van der Waals surface area contributed by atoms with Crippen molar-refractivity contribution < 1.29 is 23.0 Å². The molecule has 6 nitrogen and oxygen atoms in total. The number of alkyl halides is 2. The smallest absolute Gasteiger partial charge is 0.262 e. The van der Waals surface area contributed by atoms with Crippen molar-refractivity contribution in [3.8, 4) is 11.5 Å². The maximum atomic E-state index is 13.2. The maximum Gasteiger partial charge on any atom is 0.262 e. The van der Waals surface area contributed by atoms with E-state index in [4.69, 9.17) is 9.47 Å². The summed E-state index contributed by atoms with van der Waals surface area (Å²) in [6.07, 6.45) is 2.84. The van der Waals surface area contributed by atoms with E-state index >= 15 is 0 Å². The van der Waals surface area contributed by atoms with Gasteiger partial charge in [0.1, 0.15) is 6.61 Å². The summed E-state index contributed by atoms with van der Waals surface area (Å²) < 4.78 is 37.5. The minimum atomic E-state index is -2.86. The highest BCUT2D eigenvalue weighted by molar-refractivity contribution is 5.95. The zero-order valence-corrected chi connectivity index (χ0v) is 14.2. The van der Waals surface area contributed by atoms with Crippen molar-refractivity contribution in [2.24, 2.45) is 0 Å². The molecule has 0 saturated carbocycles. The third-order valence-corrected chi connectivity index (χ3v) is 3.97. The van der Waals surface area contributed by atoms with E-state index in [1.807, 2.05) is 6.07 Å². The predicted molar refractivity (Wildman–Crippen MR) is 91.5 cm³/mol. The molecule has 1 aromatic heterocycles. The van der Waals surface area contributed by atoms with Crippen LogP contribution in [0.3, 0.4) is 0 Å². The van der Waals surface area contributed by atoms with Gasteiger partial charge in [-0.1, -0.05) is 6.07 Å². The van der Waals surface area contributed by atoms with E-state index < -0.39 is 30.8 Å². The first-order valence-corrected chi connectivity index (χ1v) is 8.09. The second-order valence-corrected chi connectivity index (χ2v) is 6.00. The quantitative estimate of drug-likeness (QED) is 0.825. The minimum absolute atomic E-state index is 0.276. The van der Waals surface area contributed by atoms with Crippen LogP contribution in [0.1, 0.15) is 12.0 Å². The van der Waals surface area contributed by atoms with Crippen molar-refractivity contribution in [3.05, 3.63) is 48.3 Å². The second kappa shape index (κ2) is 7.65. The summed E-state index contributed by atoms with van der Waals surface area (Å²) >= 11 is 0. The summed E-state index contributed by atoms with van der Waals surface area (Å²) in [5, 5.41) is 5.15. The summed E-state index contributed by atoms with van der Waals surface area (Å²) in [5.74, 6) is -2.44. The molecule has 1 unspecified atom stereocenters. The molecule has 26 heavy (non-hydrogen) atoms. The predicted octanol–water partition coefficient (Wildman–Crippen LogP) is 2.60. The van der Waals surface area contributed by atoms with Gasteiger partial charge >= 0.3 is 0 Å². The van der Waals surface area contributed by atoms with Crippen LogP contribution in [0.2, 0.25) is 0 Å². The summed E-state index contributed by atoms with van der Waals surface area (Å²) in [7, 11) is 1.51. The minimum Gasteiger partial charge on any atom is -0.493 e. The van der Waals surface area contributed by atoms with E-state index in [1.165, 1.54) is 7.11 Å². The van der Waals surface area contributed by atoms with E-state index in [-0.39, 0.29) is 6.61 Å². The lowest BCUT2D eigenvalue weighted by Crippen LogP contribution is -2.35. The number of carbonyl (C=O) groups excluding carboxylic acids is 1. The first-order chi connectivity index (χ1) is 12.5. The van der Waals surface area contributed by atoms with Crippen LogP contribution in [-0.4, -0.2) is 36.5 Å². The Morgan fingerprint density at radius 2 is 2.23 bits per heavy atom. The van der Waals surface area contributed by atoms with Gasteiger partial charge in [0.05, 0.1) is 19.7 Å². The normalized spacial score (nSPS) is 18.3. The van der Waals surface area contributed by atoms with E-state index in [0.717, 1.165) is 5.56 Å². The lowest BCUT2D eigenvalue weighted by Gasteiger charge is -2.15. The standard InChI is InChI=1S/C18H19F2N3O3/c1-25-15-5-4-13(23-17(24)14-8-18(19,20)11-22-14)7-16(15)26-10-12-3-2-6-21-9-12/h2-7,9,14,22H,8,10-11H2,1H3,(H,23,24). The van der Waals surface area contributed by atoms with E-state index in [9.17, 15) is 13.6 Å². The Bertz CT molecular complexity index is 772. The summed E-state index contributed by atoms with van der Waals surface area (Å²) in [4.78, 5) is 16.2. The molecule has 1 atom stereocenters. The third kappa shape index (κ3) is 4.45. The van der Waals surface area contributed by atoms with Crippen LogP contribution in [0.4, 0.5) is 14.5 Å². The van der Waals surface area contributed by atoms with Gasteiger partial charge in [0, 0.05) is 36.1 Å². The lowest BCUT2D eigenvalue weighted by atomic mass is 10.1. The molecule has 3 rings (SSSR count). The molecule has 1 aliphatic rings. The Kier molecular flexibility index (Phi) is 5.32. The molecule has 2 N–H and O–H groups in total. The number of benzene rings is 1. The average molecular weight is 363 g/mol. The van der Waals surface area contributed by atoms with E-state index in [2.05, 4.69) is 15.6 Å².